The normalized spacial score (nSPS) is 35.8. The van der Waals surface area contributed by atoms with Gasteiger partial charge >= 0.3 is 0 Å². The van der Waals surface area contributed by atoms with E-state index in [-0.39, 0.29) is 23.3 Å². The van der Waals surface area contributed by atoms with E-state index in [2.05, 4.69) is 12.2 Å². The zero-order valence-corrected chi connectivity index (χ0v) is 11.2. The van der Waals surface area contributed by atoms with Gasteiger partial charge in [-0.15, -0.1) is 0 Å². The maximum atomic E-state index is 12.5. The van der Waals surface area contributed by atoms with Crippen molar-refractivity contribution in [3.8, 4) is 0 Å². The second-order valence-corrected chi connectivity index (χ2v) is 6.09. The molecule has 0 spiro atoms. The van der Waals surface area contributed by atoms with Crippen molar-refractivity contribution >= 4 is 11.8 Å². The Labute approximate surface area is 103 Å². The van der Waals surface area contributed by atoms with Crippen LogP contribution in [0.15, 0.2) is 0 Å². The smallest absolute Gasteiger partial charge is 0.248 e. The van der Waals surface area contributed by atoms with Gasteiger partial charge in [-0.25, -0.2) is 0 Å². The van der Waals surface area contributed by atoms with Crippen LogP contribution in [0.4, 0.5) is 0 Å². The van der Waals surface area contributed by atoms with E-state index >= 15 is 0 Å². The van der Waals surface area contributed by atoms with Crippen LogP contribution in [0.25, 0.3) is 0 Å². The topological polar surface area (TPSA) is 49.4 Å². The second-order valence-electron chi connectivity index (χ2n) is 6.09. The Morgan fingerprint density at radius 3 is 2.41 bits per heavy atom. The van der Waals surface area contributed by atoms with E-state index < -0.39 is 5.54 Å². The third-order valence-electron chi connectivity index (χ3n) is 4.34. The van der Waals surface area contributed by atoms with Crippen LogP contribution in [-0.4, -0.2) is 34.8 Å². The summed E-state index contributed by atoms with van der Waals surface area (Å²) >= 11 is 0. The largest absolute Gasteiger partial charge is 0.340 e. The minimum Gasteiger partial charge on any atom is -0.340 e. The van der Waals surface area contributed by atoms with Gasteiger partial charge in [0.25, 0.3) is 0 Å². The van der Waals surface area contributed by atoms with Crippen LogP contribution in [0.3, 0.4) is 0 Å². The molecule has 1 aliphatic heterocycles. The summed E-state index contributed by atoms with van der Waals surface area (Å²) in [7, 11) is 0. The number of hydrogen-bond donors (Lipinski definition) is 1. The number of rotatable bonds is 3. The molecule has 0 aromatic rings. The molecule has 0 aromatic heterocycles. The summed E-state index contributed by atoms with van der Waals surface area (Å²) in [6.07, 6.45) is 2.96. The van der Waals surface area contributed by atoms with Crippen molar-refractivity contribution in [3.63, 3.8) is 0 Å². The molecule has 0 bridgehead atoms. The van der Waals surface area contributed by atoms with Gasteiger partial charge in [0.2, 0.25) is 11.8 Å². The Bertz CT molecular complexity index is 362. The van der Waals surface area contributed by atoms with E-state index in [1.54, 1.807) is 4.90 Å². The summed E-state index contributed by atoms with van der Waals surface area (Å²) in [5.74, 6) is 0.0402. The van der Waals surface area contributed by atoms with Crippen molar-refractivity contribution in [1.82, 2.24) is 10.2 Å². The van der Waals surface area contributed by atoms with Crippen molar-refractivity contribution in [1.29, 1.82) is 0 Å². The first-order chi connectivity index (χ1) is 7.81. The lowest BCUT2D eigenvalue weighted by atomic mass is 9.91. The number of carbonyl (C=O) groups excluding carboxylic acids is 2. The molecule has 4 heteroatoms. The molecule has 2 rings (SSSR count). The van der Waals surface area contributed by atoms with Gasteiger partial charge in [-0.05, 0) is 38.5 Å². The van der Waals surface area contributed by atoms with Crippen LogP contribution in [-0.2, 0) is 9.59 Å². The first kappa shape index (κ1) is 12.4. The zero-order valence-electron chi connectivity index (χ0n) is 11.2. The maximum Gasteiger partial charge on any atom is 0.248 e. The third kappa shape index (κ3) is 2.05. The first-order valence-electron chi connectivity index (χ1n) is 6.44. The Morgan fingerprint density at radius 2 is 1.94 bits per heavy atom. The second kappa shape index (κ2) is 3.72. The molecule has 17 heavy (non-hydrogen) atoms. The molecule has 2 atom stereocenters. The average Bonchev–Trinajstić information content (AvgIpc) is 3.00. The highest BCUT2D eigenvalue weighted by Crippen LogP contribution is 2.46. The molecule has 2 amide bonds. The van der Waals surface area contributed by atoms with Crippen LogP contribution in [0, 0.1) is 5.41 Å². The molecule has 2 fully saturated rings. The van der Waals surface area contributed by atoms with Crippen LogP contribution in [0.1, 0.15) is 47.0 Å². The van der Waals surface area contributed by atoms with Crippen molar-refractivity contribution < 1.29 is 9.59 Å². The fraction of sp³-hybridized carbons (Fsp3) is 0.846. The van der Waals surface area contributed by atoms with E-state index in [4.69, 9.17) is 0 Å². The van der Waals surface area contributed by atoms with Crippen molar-refractivity contribution in [2.24, 2.45) is 5.41 Å². The summed E-state index contributed by atoms with van der Waals surface area (Å²) in [6, 6.07) is -0.334. The lowest BCUT2D eigenvalue weighted by Gasteiger charge is -2.44. The zero-order chi connectivity index (χ0) is 12.8. The number of nitrogens with one attached hydrogen (secondary N) is 1. The van der Waals surface area contributed by atoms with E-state index in [9.17, 15) is 9.59 Å². The molecule has 1 aliphatic carbocycles. The van der Waals surface area contributed by atoms with Crippen LogP contribution < -0.4 is 5.32 Å². The molecular weight excluding hydrogens is 216 g/mol. The SMILES string of the molecule is CCC1(C)NC(=O)C(C)N(CC2(C)CC2)C1=O. The average molecular weight is 238 g/mol. The molecule has 1 heterocycles. The highest BCUT2D eigenvalue weighted by atomic mass is 16.2. The van der Waals surface area contributed by atoms with E-state index in [1.807, 2.05) is 20.8 Å². The van der Waals surface area contributed by atoms with E-state index in [0.29, 0.717) is 6.42 Å². The lowest BCUT2D eigenvalue weighted by molar-refractivity contribution is -0.154. The van der Waals surface area contributed by atoms with E-state index in [0.717, 1.165) is 19.4 Å². The Balaban J connectivity index is 2.21. The number of hydrogen-bond acceptors (Lipinski definition) is 2. The van der Waals surface area contributed by atoms with E-state index in [1.165, 1.54) is 0 Å². The Hall–Kier alpha value is -1.06. The van der Waals surface area contributed by atoms with Gasteiger partial charge in [-0.1, -0.05) is 13.8 Å². The van der Waals surface area contributed by atoms with Crippen LogP contribution in [0.5, 0.6) is 0 Å². The minimum absolute atomic E-state index is 0.0294. The molecule has 0 radical (unpaired) electrons. The predicted molar refractivity (Wildman–Crippen MR) is 65.4 cm³/mol. The van der Waals surface area contributed by atoms with Gasteiger partial charge in [0, 0.05) is 6.54 Å². The van der Waals surface area contributed by atoms with Crippen molar-refractivity contribution in [2.45, 2.75) is 58.5 Å². The van der Waals surface area contributed by atoms with Gasteiger partial charge in [-0.3, -0.25) is 9.59 Å². The third-order valence-corrected chi connectivity index (χ3v) is 4.34. The molecule has 1 saturated carbocycles. The summed E-state index contributed by atoms with van der Waals surface area (Å²) in [4.78, 5) is 26.1. The van der Waals surface area contributed by atoms with Crippen molar-refractivity contribution in [3.05, 3.63) is 0 Å². The summed E-state index contributed by atoms with van der Waals surface area (Å²) in [6.45, 7) is 8.47. The molecule has 1 N–H and O–H groups in total. The lowest BCUT2D eigenvalue weighted by Crippen LogP contribution is -2.68. The molecule has 2 aliphatic rings. The van der Waals surface area contributed by atoms with Gasteiger partial charge in [-0.2, -0.15) is 0 Å². The van der Waals surface area contributed by atoms with Gasteiger partial charge < -0.3 is 10.2 Å². The molecule has 0 aromatic carbocycles. The van der Waals surface area contributed by atoms with Gasteiger partial charge in [0.1, 0.15) is 11.6 Å². The highest BCUT2D eigenvalue weighted by molar-refractivity contribution is 5.99. The number of carbonyl (C=O) groups is 2. The summed E-state index contributed by atoms with van der Waals surface area (Å²) < 4.78 is 0. The van der Waals surface area contributed by atoms with Gasteiger partial charge in [0.15, 0.2) is 0 Å². The molecule has 4 nitrogen and oxygen atoms in total. The summed E-state index contributed by atoms with van der Waals surface area (Å²) in [5, 5.41) is 2.85. The number of amides is 2. The number of piperazine rings is 1. The van der Waals surface area contributed by atoms with Gasteiger partial charge in [0.05, 0.1) is 0 Å². The van der Waals surface area contributed by atoms with Crippen LogP contribution >= 0.6 is 0 Å². The Morgan fingerprint density at radius 1 is 1.35 bits per heavy atom. The minimum atomic E-state index is -0.713. The summed E-state index contributed by atoms with van der Waals surface area (Å²) in [5.41, 5.74) is -0.467. The molecule has 2 unspecified atom stereocenters. The van der Waals surface area contributed by atoms with Crippen molar-refractivity contribution in [2.75, 3.05) is 6.54 Å². The molecular formula is C13H22N2O2. The molecule has 96 valence electrons. The Kier molecular flexibility index (Phi) is 2.71. The number of nitrogens with zero attached hydrogens (tertiary/aromatic N) is 1. The molecule has 1 saturated heterocycles. The highest BCUT2D eigenvalue weighted by Gasteiger charge is 2.49. The fourth-order valence-corrected chi connectivity index (χ4v) is 2.30. The first-order valence-corrected chi connectivity index (χ1v) is 6.44. The monoisotopic (exact) mass is 238 g/mol. The van der Waals surface area contributed by atoms with Crippen LogP contribution in [0.2, 0.25) is 0 Å². The quantitative estimate of drug-likeness (QED) is 0.805. The maximum absolute atomic E-state index is 12.5. The fourth-order valence-electron chi connectivity index (χ4n) is 2.30. The predicted octanol–water partition coefficient (Wildman–Crippen LogP) is 1.30. The standard InChI is InChI=1S/C13H22N2O2/c1-5-13(4)11(17)15(8-12(3)6-7-12)9(2)10(16)14-13/h9H,5-8H2,1-4H3,(H,14,16).